The number of rotatable bonds is 7. The van der Waals surface area contributed by atoms with Gasteiger partial charge in [-0.3, -0.25) is 9.11 Å². The highest BCUT2D eigenvalue weighted by atomic mass is 32.3. The van der Waals surface area contributed by atoms with E-state index in [0.29, 0.717) is 0 Å². The van der Waals surface area contributed by atoms with Crippen molar-refractivity contribution in [3.8, 4) is 0 Å². The third kappa shape index (κ3) is 11.3. The van der Waals surface area contributed by atoms with Crippen LogP contribution in [0.25, 0.3) is 0 Å². The van der Waals surface area contributed by atoms with Crippen LogP contribution < -0.4 is 15.4 Å². The van der Waals surface area contributed by atoms with Crippen LogP contribution in [0, 0.1) is 0 Å². The molecule has 0 aliphatic carbocycles. The van der Waals surface area contributed by atoms with Crippen molar-refractivity contribution in [1.82, 2.24) is 4.72 Å². The van der Waals surface area contributed by atoms with E-state index in [1.165, 1.54) is 0 Å². The van der Waals surface area contributed by atoms with Crippen LogP contribution in [0.15, 0.2) is 24.3 Å². The second-order valence-electron chi connectivity index (χ2n) is 4.94. The molecule has 9 nitrogen and oxygen atoms in total. The van der Waals surface area contributed by atoms with E-state index in [4.69, 9.17) is 23.3 Å². The number of benzene rings is 1. The summed E-state index contributed by atoms with van der Waals surface area (Å²) in [6.45, 7) is 6.26. The minimum absolute atomic E-state index is 0.209. The molecule has 0 saturated carbocycles. The highest BCUT2D eigenvalue weighted by Gasteiger charge is 2.10. The fraction of sp³-hybridized carbons (Fsp3) is 0.538. The van der Waals surface area contributed by atoms with Gasteiger partial charge in [-0.2, -0.15) is 8.42 Å². The normalized spacial score (nSPS) is 12.9. The van der Waals surface area contributed by atoms with Crippen LogP contribution in [0.5, 0.6) is 0 Å². The molecule has 0 radical (unpaired) electrons. The summed E-state index contributed by atoms with van der Waals surface area (Å²) in [7, 11) is -7.87. The SMILES string of the molecule is CCN(CC)c1cccc(C(N)CNS(C)(=O)=O)c1.O=S(=O)(O)O. The Balaban J connectivity index is 0.000000922. The maximum absolute atomic E-state index is 11.1. The maximum atomic E-state index is 11.1. The monoisotopic (exact) mass is 383 g/mol. The van der Waals surface area contributed by atoms with Gasteiger partial charge in [-0.15, -0.1) is 0 Å². The lowest BCUT2D eigenvalue weighted by Gasteiger charge is -2.22. The number of nitrogens with two attached hydrogens (primary N) is 1. The second kappa shape index (κ2) is 9.91. The van der Waals surface area contributed by atoms with Crippen molar-refractivity contribution >= 4 is 26.1 Å². The van der Waals surface area contributed by atoms with Gasteiger partial charge in [0.25, 0.3) is 0 Å². The zero-order valence-electron chi connectivity index (χ0n) is 13.9. The van der Waals surface area contributed by atoms with E-state index >= 15 is 0 Å². The molecular formula is C13H25N3O6S2. The Bertz CT molecular complexity index is 694. The number of hydrogen-bond acceptors (Lipinski definition) is 6. The molecule has 1 unspecified atom stereocenters. The van der Waals surface area contributed by atoms with Gasteiger partial charge in [0.15, 0.2) is 0 Å². The second-order valence-corrected chi connectivity index (χ2v) is 7.67. The number of hydrogen-bond donors (Lipinski definition) is 4. The molecule has 1 aromatic carbocycles. The minimum atomic E-state index is -4.67. The van der Waals surface area contributed by atoms with Crippen molar-refractivity contribution in [1.29, 1.82) is 0 Å². The highest BCUT2D eigenvalue weighted by Crippen LogP contribution is 2.19. The molecule has 0 bridgehead atoms. The molecule has 0 fully saturated rings. The van der Waals surface area contributed by atoms with Crippen LogP contribution in [0.1, 0.15) is 25.5 Å². The number of sulfonamides is 1. The van der Waals surface area contributed by atoms with Gasteiger partial charge in [-0.1, -0.05) is 12.1 Å². The Labute approximate surface area is 143 Å². The largest absolute Gasteiger partial charge is 0.394 e. The summed E-state index contributed by atoms with van der Waals surface area (Å²) in [6.07, 6.45) is 1.13. The fourth-order valence-electron chi connectivity index (χ4n) is 1.90. The molecule has 11 heteroatoms. The first-order valence-electron chi connectivity index (χ1n) is 7.12. The zero-order valence-corrected chi connectivity index (χ0v) is 15.5. The van der Waals surface area contributed by atoms with Crippen LogP contribution in [0.3, 0.4) is 0 Å². The third-order valence-electron chi connectivity index (χ3n) is 2.99. The molecule has 140 valence electrons. The number of nitrogens with one attached hydrogen (secondary N) is 1. The Kier molecular flexibility index (Phi) is 9.40. The van der Waals surface area contributed by atoms with E-state index in [2.05, 4.69) is 23.5 Å². The zero-order chi connectivity index (χ0) is 19.0. The standard InChI is InChI=1S/C13H23N3O2S.H2O4S/c1-4-16(5-2)12-8-6-7-11(9-12)13(14)10-15-19(3,17)18;1-5(2,3)4/h6-9,13,15H,4-5,10,14H2,1-3H3;(H2,1,2,3,4). The van der Waals surface area contributed by atoms with E-state index < -0.39 is 20.4 Å². The first-order chi connectivity index (χ1) is 10.9. The molecule has 1 atom stereocenters. The van der Waals surface area contributed by atoms with Gasteiger partial charge in [0.05, 0.1) is 6.26 Å². The van der Waals surface area contributed by atoms with Gasteiger partial charge in [-0.05, 0) is 31.5 Å². The summed E-state index contributed by atoms with van der Waals surface area (Å²) in [5.74, 6) is 0. The van der Waals surface area contributed by atoms with Crippen molar-refractivity contribution < 1.29 is 25.9 Å². The lowest BCUT2D eigenvalue weighted by Crippen LogP contribution is -2.31. The molecule has 1 aromatic rings. The summed E-state index contributed by atoms with van der Waals surface area (Å²) in [5.41, 5.74) is 8.05. The van der Waals surface area contributed by atoms with Crippen molar-refractivity contribution in [2.45, 2.75) is 19.9 Å². The molecule has 5 N–H and O–H groups in total. The van der Waals surface area contributed by atoms with Crippen LogP contribution in [-0.2, 0) is 20.4 Å². The highest BCUT2D eigenvalue weighted by molar-refractivity contribution is 7.88. The quantitative estimate of drug-likeness (QED) is 0.495. The molecule has 0 aliphatic heterocycles. The van der Waals surface area contributed by atoms with Gasteiger partial charge in [-0.25, -0.2) is 13.1 Å². The van der Waals surface area contributed by atoms with Gasteiger partial charge < -0.3 is 10.6 Å². The Morgan fingerprint density at radius 1 is 1.17 bits per heavy atom. The molecule has 0 saturated heterocycles. The molecule has 0 amide bonds. The molecule has 0 spiro atoms. The van der Waals surface area contributed by atoms with Crippen LogP contribution in [0.4, 0.5) is 5.69 Å². The topological polar surface area (TPSA) is 150 Å². The molecule has 1 rings (SSSR count). The van der Waals surface area contributed by atoms with E-state index in [1.54, 1.807) is 0 Å². The summed E-state index contributed by atoms with van der Waals surface area (Å²) in [6, 6.07) is 7.57. The fourth-order valence-corrected chi connectivity index (χ4v) is 2.38. The first kappa shape index (κ1) is 22.8. The Morgan fingerprint density at radius 2 is 1.67 bits per heavy atom. The summed E-state index contributed by atoms with van der Waals surface area (Å²) in [5, 5.41) is 0. The average molecular weight is 383 g/mol. The summed E-state index contributed by atoms with van der Waals surface area (Å²) < 4.78 is 56.1. The number of nitrogens with zero attached hydrogens (tertiary/aromatic N) is 1. The van der Waals surface area contributed by atoms with Gasteiger partial charge in [0, 0.05) is 31.4 Å². The van der Waals surface area contributed by atoms with Crippen LogP contribution >= 0.6 is 0 Å². The van der Waals surface area contributed by atoms with Crippen molar-refractivity contribution in [3.63, 3.8) is 0 Å². The van der Waals surface area contributed by atoms with Crippen LogP contribution in [-0.4, -0.2) is 51.8 Å². The smallest absolute Gasteiger partial charge is 0.372 e. The number of anilines is 1. The van der Waals surface area contributed by atoms with Gasteiger partial charge >= 0.3 is 10.4 Å². The van der Waals surface area contributed by atoms with E-state index in [1.807, 2.05) is 24.3 Å². The van der Waals surface area contributed by atoms with Crippen LogP contribution in [0.2, 0.25) is 0 Å². The van der Waals surface area contributed by atoms with Gasteiger partial charge in [0.1, 0.15) is 0 Å². The minimum Gasteiger partial charge on any atom is -0.372 e. The van der Waals surface area contributed by atoms with Crippen molar-refractivity contribution in [2.24, 2.45) is 5.73 Å². The molecule has 0 aromatic heterocycles. The Morgan fingerprint density at radius 3 is 2.08 bits per heavy atom. The predicted octanol–water partition coefficient (Wildman–Crippen LogP) is 0.429. The van der Waals surface area contributed by atoms with Gasteiger partial charge in [0.2, 0.25) is 10.0 Å². The van der Waals surface area contributed by atoms with E-state index in [-0.39, 0.29) is 12.6 Å². The predicted molar refractivity (Wildman–Crippen MR) is 94.0 cm³/mol. The molecule has 0 aliphatic rings. The van der Waals surface area contributed by atoms with Crippen molar-refractivity contribution in [2.75, 3.05) is 30.8 Å². The molecule has 0 heterocycles. The lowest BCUT2D eigenvalue weighted by atomic mass is 10.1. The van der Waals surface area contributed by atoms with E-state index in [0.717, 1.165) is 30.6 Å². The summed E-state index contributed by atoms with van der Waals surface area (Å²) >= 11 is 0. The molecule has 24 heavy (non-hydrogen) atoms. The molecular weight excluding hydrogens is 358 g/mol. The third-order valence-corrected chi connectivity index (χ3v) is 3.68. The lowest BCUT2D eigenvalue weighted by molar-refractivity contribution is 0.381. The maximum Gasteiger partial charge on any atom is 0.394 e. The summed E-state index contributed by atoms with van der Waals surface area (Å²) in [4.78, 5) is 2.22. The Hall–Kier alpha value is -1.24. The first-order valence-corrected chi connectivity index (χ1v) is 10.4. The van der Waals surface area contributed by atoms with E-state index in [9.17, 15) is 8.42 Å². The average Bonchev–Trinajstić information content (AvgIpc) is 2.44. The van der Waals surface area contributed by atoms with Crippen molar-refractivity contribution in [3.05, 3.63) is 29.8 Å².